The van der Waals surface area contributed by atoms with Crippen LogP contribution >= 0.6 is 0 Å². The number of benzene rings is 1. The van der Waals surface area contributed by atoms with Crippen LogP contribution in [0.5, 0.6) is 0 Å². The molecule has 0 aromatic heterocycles. The third-order valence-corrected chi connectivity index (χ3v) is 4.89. The van der Waals surface area contributed by atoms with Crippen molar-refractivity contribution in [1.29, 1.82) is 0 Å². The Labute approximate surface area is 128 Å². The fraction of sp³-hybridized carbons (Fsp3) is 0.611. The number of amides is 1. The van der Waals surface area contributed by atoms with E-state index in [4.69, 9.17) is 5.73 Å². The van der Waals surface area contributed by atoms with Gasteiger partial charge in [-0.1, -0.05) is 31.0 Å². The largest absolute Gasteiger partial charge is 0.355 e. The molecule has 1 fully saturated rings. The molecular formula is C18H28N2O. The monoisotopic (exact) mass is 288 g/mol. The summed E-state index contributed by atoms with van der Waals surface area (Å²) in [5, 5.41) is 3.09. The predicted octanol–water partition coefficient (Wildman–Crippen LogP) is 2.87. The van der Waals surface area contributed by atoms with Crippen LogP contribution in [0.15, 0.2) is 18.2 Å². The molecule has 2 atom stereocenters. The second kappa shape index (κ2) is 6.61. The number of aryl methyl sites for hydroxylation is 2. The Hall–Kier alpha value is -1.35. The van der Waals surface area contributed by atoms with Crippen LogP contribution in [0.2, 0.25) is 0 Å². The van der Waals surface area contributed by atoms with Crippen molar-refractivity contribution < 1.29 is 4.79 Å². The maximum Gasteiger partial charge on any atom is 0.224 e. The van der Waals surface area contributed by atoms with E-state index in [1.165, 1.54) is 16.7 Å². The molecule has 3 N–H and O–H groups in total. The first-order valence-corrected chi connectivity index (χ1v) is 8.03. The molecule has 116 valence electrons. The highest BCUT2D eigenvalue weighted by molar-refractivity contribution is 5.80. The highest BCUT2D eigenvalue weighted by Gasteiger charge is 2.37. The van der Waals surface area contributed by atoms with Crippen LogP contribution < -0.4 is 11.1 Å². The van der Waals surface area contributed by atoms with Crippen molar-refractivity contribution in [3.8, 4) is 0 Å². The second-order valence-electron chi connectivity index (χ2n) is 6.72. The molecule has 1 amide bonds. The zero-order valence-corrected chi connectivity index (χ0v) is 13.5. The van der Waals surface area contributed by atoms with Crippen molar-refractivity contribution in [2.24, 2.45) is 11.7 Å². The Kier molecular flexibility index (Phi) is 5.04. The van der Waals surface area contributed by atoms with Crippen molar-refractivity contribution in [3.63, 3.8) is 0 Å². The SMILES string of the molecule is Cc1cccc(C)c1CCNC(=O)C1CCCCC1(C)N. The van der Waals surface area contributed by atoms with Gasteiger partial charge in [-0.3, -0.25) is 4.79 Å². The number of hydrogen-bond donors (Lipinski definition) is 2. The van der Waals surface area contributed by atoms with Crippen LogP contribution in [0.4, 0.5) is 0 Å². The molecule has 1 aromatic carbocycles. The molecule has 0 saturated heterocycles. The lowest BCUT2D eigenvalue weighted by Gasteiger charge is -2.37. The molecule has 1 saturated carbocycles. The summed E-state index contributed by atoms with van der Waals surface area (Å²) in [5.74, 6) is 0.0927. The van der Waals surface area contributed by atoms with Crippen molar-refractivity contribution in [1.82, 2.24) is 5.32 Å². The summed E-state index contributed by atoms with van der Waals surface area (Å²) in [5.41, 5.74) is 9.88. The molecule has 1 aromatic rings. The van der Waals surface area contributed by atoms with E-state index >= 15 is 0 Å². The van der Waals surface area contributed by atoms with Crippen molar-refractivity contribution >= 4 is 5.91 Å². The fourth-order valence-electron chi connectivity index (χ4n) is 3.47. The quantitative estimate of drug-likeness (QED) is 0.895. The molecule has 1 aliphatic carbocycles. The normalized spacial score (nSPS) is 25.6. The van der Waals surface area contributed by atoms with Crippen LogP contribution in [-0.2, 0) is 11.2 Å². The summed E-state index contributed by atoms with van der Waals surface area (Å²) in [4.78, 5) is 12.4. The van der Waals surface area contributed by atoms with Gasteiger partial charge in [0.15, 0.2) is 0 Å². The van der Waals surface area contributed by atoms with Gasteiger partial charge in [-0.05, 0) is 56.7 Å². The summed E-state index contributed by atoms with van der Waals surface area (Å²) in [6, 6.07) is 6.33. The Balaban J connectivity index is 1.90. The highest BCUT2D eigenvalue weighted by Crippen LogP contribution is 2.31. The van der Waals surface area contributed by atoms with Gasteiger partial charge in [-0.2, -0.15) is 0 Å². The lowest BCUT2D eigenvalue weighted by atomic mass is 9.74. The Morgan fingerprint density at radius 3 is 2.62 bits per heavy atom. The number of nitrogens with one attached hydrogen (secondary N) is 1. The summed E-state index contributed by atoms with van der Waals surface area (Å²) in [7, 11) is 0. The van der Waals surface area contributed by atoms with Crippen molar-refractivity contribution in [2.45, 2.75) is 58.4 Å². The highest BCUT2D eigenvalue weighted by atomic mass is 16.1. The van der Waals surface area contributed by atoms with E-state index in [0.717, 1.165) is 32.1 Å². The molecule has 0 bridgehead atoms. The Morgan fingerprint density at radius 1 is 1.33 bits per heavy atom. The summed E-state index contributed by atoms with van der Waals surface area (Å²) < 4.78 is 0. The minimum atomic E-state index is -0.346. The van der Waals surface area contributed by atoms with Gasteiger partial charge in [0.25, 0.3) is 0 Å². The van der Waals surface area contributed by atoms with Gasteiger partial charge in [-0.25, -0.2) is 0 Å². The van der Waals surface area contributed by atoms with E-state index in [-0.39, 0.29) is 17.4 Å². The summed E-state index contributed by atoms with van der Waals surface area (Å²) in [6.07, 6.45) is 5.00. The molecule has 2 rings (SSSR count). The van der Waals surface area contributed by atoms with E-state index in [2.05, 4.69) is 37.4 Å². The van der Waals surface area contributed by atoms with Crippen LogP contribution in [0.3, 0.4) is 0 Å². The van der Waals surface area contributed by atoms with Crippen LogP contribution in [0, 0.1) is 19.8 Å². The van der Waals surface area contributed by atoms with E-state index in [9.17, 15) is 4.79 Å². The third-order valence-electron chi connectivity index (χ3n) is 4.89. The lowest BCUT2D eigenvalue weighted by Crippen LogP contribution is -2.53. The van der Waals surface area contributed by atoms with Gasteiger partial charge in [-0.15, -0.1) is 0 Å². The number of carbonyl (C=O) groups is 1. The first kappa shape index (κ1) is 16.0. The average molecular weight is 288 g/mol. The molecule has 3 heteroatoms. The number of hydrogen-bond acceptors (Lipinski definition) is 2. The van der Waals surface area contributed by atoms with E-state index < -0.39 is 0 Å². The van der Waals surface area contributed by atoms with Gasteiger partial charge >= 0.3 is 0 Å². The summed E-state index contributed by atoms with van der Waals surface area (Å²) >= 11 is 0. The van der Waals surface area contributed by atoms with Crippen LogP contribution in [0.25, 0.3) is 0 Å². The predicted molar refractivity (Wildman–Crippen MR) is 87.2 cm³/mol. The zero-order chi connectivity index (χ0) is 15.5. The van der Waals surface area contributed by atoms with E-state index in [0.29, 0.717) is 6.54 Å². The Morgan fingerprint density at radius 2 is 2.00 bits per heavy atom. The molecular weight excluding hydrogens is 260 g/mol. The molecule has 1 aliphatic rings. The van der Waals surface area contributed by atoms with Crippen LogP contribution in [0.1, 0.15) is 49.3 Å². The van der Waals surface area contributed by atoms with E-state index in [1.807, 2.05) is 6.92 Å². The summed E-state index contributed by atoms with van der Waals surface area (Å²) in [6.45, 7) is 6.96. The zero-order valence-electron chi connectivity index (χ0n) is 13.5. The molecule has 0 spiro atoms. The van der Waals surface area contributed by atoms with Gasteiger partial charge in [0.2, 0.25) is 5.91 Å². The smallest absolute Gasteiger partial charge is 0.224 e. The van der Waals surface area contributed by atoms with Gasteiger partial charge in [0, 0.05) is 12.1 Å². The fourth-order valence-corrected chi connectivity index (χ4v) is 3.47. The van der Waals surface area contributed by atoms with Gasteiger partial charge in [0.05, 0.1) is 5.92 Å². The van der Waals surface area contributed by atoms with Crippen molar-refractivity contribution in [3.05, 3.63) is 34.9 Å². The number of rotatable bonds is 4. The van der Waals surface area contributed by atoms with Gasteiger partial charge < -0.3 is 11.1 Å². The molecule has 0 aliphatic heterocycles. The minimum Gasteiger partial charge on any atom is -0.355 e. The lowest BCUT2D eigenvalue weighted by molar-refractivity contribution is -0.128. The first-order valence-electron chi connectivity index (χ1n) is 8.03. The molecule has 0 radical (unpaired) electrons. The maximum atomic E-state index is 12.4. The Bertz CT molecular complexity index is 488. The minimum absolute atomic E-state index is 0.0378. The average Bonchev–Trinajstić information content (AvgIpc) is 2.41. The second-order valence-corrected chi connectivity index (χ2v) is 6.72. The molecule has 21 heavy (non-hydrogen) atoms. The molecule has 3 nitrogen and oxygen atoms in total. The first-order chi connectivity index (χ1) is 9.92. The van der Waals surface area contributed by atoms with Gasteiger partial charge in [0.1, 0.15) is 0 Å². The molecule has 0 heterocycles. The maximum absolute atomic E-state index is 12.4. The van der Waals surface area contributed by atoms with Crippen LogP contribution in [-0.4, -0.2) is 18.0 Å². The van der Waals surface area contributed by atoms with Crippen molar-refractivity contribution in [2.75, 3.05) is 6.54 Å². The standard InChI is InChI=1S/C18H28N2O/c1-13-7-6-8-14(2)15(13)10-12-20-17(21)16-9-4-5-11-18(16,3)19/h6-8,16H,4-5,9-12,19H2,1-3H3,(H,20,21). The number of carbonyl (C=O) groups excluding carboxylic acids is 1. The van der Waals surface area contributed by atoms with E-state index in [1.54, 1.807) is 0 Å². The number of nitrogens with two attached hydrogens (primary N) is 1. The molecule has 2 unspecified atom stereocenters. The third kappa shape index (κ3) is 3.85. The topological polar surface area (TPSA) is 55.1 Å².